The number of nitrogens with zero attached hydrogens (tertiary/aromatic N) is 1. The van der Waals surface area contributed by atoms with Gasteiger partial charge in [0.05, 0.1) is 22.1 Å². The molecule has 0 radical (unpaired) electrons. The zero-order valence-corrected chi connectivity index (χ0v) is 18.2. The molecule has 0 fully saturated rings. The number of aliphatic hydroxyl groups excluding tert-OH is 1. The minimum absolute atomic E-state index is 0.0168. The zero-order chi connectivity index (χ0) is 20.4. The summed E-state index contributed by atoms with van der Waals surface area (Å²) < 4.78 is 1.01. The Morgan fingerprint density at radius 3 is 2.54 bits per heavy atom. The lowest BCUT2D eigenvalue weighted by molar-refractivity contribution is -0.110. The third-order valence-electron chi connectivity index (χ3n) is 4.37. The van der Waals surface area contributed by atoms with Crippen molar-refractivity contribution in [3.05, 3.63) is 56.0 Å². The lowest BCUT2D eigenvalue weighted by atomic mass is 10.00. The van der Waals surface area contributed by atoms with Crippen molar-refractivity contribution < 1.29 is 19.8 Å². The van der Waals surface area contributed by atoms with Crippen molar-refractivity contribution in [3.8, 4) is 5.75 Å². The highest BCUT2D eigenvalue weighted by molar-refractivity contribution is 9.11. The highest BCUT2D eigenvalue weighted by Crippen LogP contribution is 2.37. The van der Waals surface area contributed by atoms with Crippen molar-refractivity contribution in [1.29, 1.82) is 0 Å². The van der Waals surface area contributed by atoms with Gasteiger partial charge in [-0.25, -0.2) is 0 Å². The molecule has 1 amide bonds. The molecule has 0 spiro atoms. The first-order valence-electron chi connectivity index (χ1n) is 8.48. The predicted molar refractivity (Wildman–Crippen MR) is 115 cm³/mol. The van der Waals surface area contributed by atoms with E-state index in [4.69, 9.17) is 5.11 Å². The van der Waals surface area contributed by atoms with E-state index in [9.17, 15) is 14.7 Å². The fraction of sp³-hybridized carbons (Fsp3) is 0.200. The Balaban J connectivity index is 1.95. The summed E-state index contributed by atoms with van der Waals surface area (Å²) in [6, 6.07) is 8.52. The maximum atomic E-state index is 12.5. The van der Waals surface area contributed by atoms with Crippen molar-refractivity contribution in [2.75, 3.05) is 32.1 Å². The van der Waals surface area contributed by atoms with E-state index < -0.39 is 0 Å². The Hall–Kier alpha value is -2.00. The van der Waals surface area contributed by atoms with Crippen LogP contribution in [0.2, 0.25) is 0 Å². The number of likely N-dealkylation sites (N-methyl/N-ethyl adjacent to an activating group) is 1. The molecule has 2 aromatic carbocycles. The van der Waals surface area contributed by atoms with E-state index in [1.807, 2.05) is 0 Å². The second-order valence-corrected chi connectivity index (χ2v) is 8.20. The van der Waals surface area contributed by atoms with E-state index >= 15 is 0 Å². The number of phenolic OH excluding ortho intramolecular Hbond substituents is 1. The quantitative estimate of drug-likeness (QED) is 0.409. The number of aromatic hydroxyl groups is 1. The molecule has 3 rings (SSSR count). The molecule has 146 valence electrons. The predicted octanol–water partition coefficient (Wildman–Crippen LogP) is 3.52. The van der Waals surface area contributed by atoms with Crippen molar-refractivity contribution in [1.82, 2.24) is 4.90 Å². The lowest BCUT2D eigenvalue weighted by Crippen LogP contribution is -2.28. The van der Waals surface area contributed by atoms with Gasteiger partial charge in [-0.3, -0.25) is 14.5 Å². The van der Waals surface area contributed by atoms with E-state index in [2.05, 4.69) is 37.2 Å². The van der Waals surface area contributed by atoms with Crippen molar-refractivity contribution in [2.24, 2.45) is 0 Å². The van der Waals surface area contributed by atoms with Gasteiger partial charge in [0.2, 0.25) is 0 Å². The van der Waals surface area contributed by atoms with Crippen LogP contribution in [0.1, 0.15) is 21.5 Å². The number of benzene rings is 2. The molecule has 1 heterocycles. The molecule has 6 nitrogen and oxygen atoms in total. The monoisotopic (exact) mass is 508 g/mol. The van der Waals surface area contributed by atoms with E-state index in [0.29, 0.717) is 43.4 Å². The molecule has 1 aliphatic rings. The van der Waals surface area contributed by atoms with Crippen LogP contribution in [-0.4, -0.2) is 53.5 Å². The van der Waals surface area contributed by atoms with Crippen molar-refractivity contribution in [3.63, 3.8) is 0 Å². The molecule has 0 unspecified atom stereocenters. The number of hydrogen-bond donors (Lipinski definition) is 3. The number of amides is 1. The largest absolute Gasteiger partial charge is 0.506 e. The van der Waals surface area contributed by atoms with Crippen molar-refractivity contribution in [2.45, 2.75) is 0 Å². The van der Waals surface area contributed by atoms with Gasteiger partial charge >= 0.3 is 0 Å². The molecular formula is C20H18Br2N2O4. The van der Waals surface area contributed by atoms with Crippen LogP contribution in [0.3, 0.4) is 0 Å². The number of halogens is 2. The van der Waals surface area contributed by atoms with Crippen LogP contribution in [0.25, 0.3) is 11.6 Å². The first kappa shape index (κ1) is 20.7. The Bertz CT molecular complexity index is 965. The molecule has 0 saturated carbocycles. The SMILES string of the molecule is CN(CCO)CC(=O)c1ccc2c(c1)C(=Cc1cc(Br)c(O)c(Br)c1)C(=O)N2. The average Bonchev–Trinajstić information content (AvgIpc) is 2.94. The Labute approximate surface area is 179 Å². The fourth-order valence-electron chi connectivity index (χ4n) is 2.93. The molecule has 28 heavy (non-hydrogen) atoms. The van der Waals surface area contributed by atoms with Crippen molar-refractivity contribution >= 4 is 60.9 Å². The summed E-state index contributed by atoms with van der Waals surface area (Å²) in [6.45, 7) is 0.571. The third-order valence-corrected chi connectivity index (χ3v) is 5.58. The summed E-state index contributed by atoms with van der Waals surface area (Å²) in [5.41, 5.74) is 2.96. The number of carbonyl (C=O) groups is 2. The van der Waals surface area contributed by atoms with Crippen LogP contribution < -0.4 is 5.32 Å². The first-order valence-corrected chi connectivity index (χ1v) is 10.1. The Morgan fingerprint density at radius 2 is 1.89 bits per heavy atom. The number of anilines is 1. The number of hydrogen-bond acceptors (Lipinski definition) is 5. The topological polar surface area (TPSA) is 89.9 Å². The summed E-state index contributed by atoms with van der Waals surface area (Å²) in [7, 11) is 1.76. The van der Waals surface area contributed by atoms with E-state index in [1.54, 1.807) is 48.4 Å². The highest BCUT2D eigenvalue weighted by Gasteiger charge is 2.25. The van der Waals surface area contributed by atoms with Gasteiger partial charge in [-0.15, -0.1) is 0 Å². The Morgan fingerprint density at radius 1 is 1.21 bits per heavy atom. The van der Waals surface area contributed by atoms with Crippen LogP contribution in [0.5, 0.6) is 5.75 Å². The summed E-state index contributed by atoms with van der Waals surface area (Å²) in [4.78, 5) is 26.7. The number of ketones is 1. The van der Waals surface area contributed by atoms with E-state index in [0.717, 1.165) is 0 Å². The second kappa shape index (κ2) is 8.57. The number of carbonyl (C=O) groups excluding carboxylic acids is 2. The molecule has 0 bridgehead atoms. The van der Waals surface area contributed by atoms with Gasteiger partial charge in [-0.2, -0.15) is 0 Å². The van der Waals surface area contributed by atoms with Gasteiger partial charge in [0.1, 0.15) is 5.75 Å². The lowest BCUT2D eigenvalue weighted by Gasteiger charge is -2.14. The summed E-state index contributed by atoms with van der Waals surface area (Å²) in [5.74, 6) is -0.261. The van der Waals surface area contributed by atoms with Crippen LogP contribution in [-0.2, 0) is 4.79 Å². The highest BCUT2D eigenvalue weighted by atomic mass is 79.9. The molecule has 2 aromatic rings. The molecule has 0 aliphatic carbocycles. The zero-order valence-electron chi connectivity index (χ0n) is 15.0. The fourth-order valence-corrected chi connectivity index (χ4v) is 4.15. The number of Topliss-reactive ketones (excluding diaryl/α,β-unsaturated/α-hetero) is 1. The Kier molecular flexibility index (Phi) is 6.34. The van der Waals surface area contributed by atoms with Gasteiger partial charge in [-0.1, -0.05) is 0 Å². The maximum Gasteiger partial charge on any atom is 0.256 e. The standard InChI is InChI=1S/C20H18Br2N2O4/c1-24(4-5-25)10-18(26)12-2-3-17-13(9-12)14(20(28)23-17)6-11-7-15(21)19(27)16(22)8-11/h2-3,6-9,25,27H,4-5,10H2,1H3,(H,23,28). The smallest absolute Gasteiger partial charge is 0.256 e. The molecule has 0 aromatic heterocycles. The van der Waals surface area contributed by atoms with E-state index in [-0.39, 0.29) is 30.6 Å². The molecule has 0 atom stereocenters. The number of fused-ring (bicyclic) bond motifs is 1. The number of aliphatic hydroxyl groups is 1. The van der Waals surface area contributed by atoms with Gasteiger partial charge in [0.25, 0.3) is 5.91 Å². The molecule has 0 saturated heterocycles. The third kappa shape index (κ3) is 4.35. The average molecular weight is 510 g/mol. The van der Waals surface area contributed by atoms with Gasteiger partial charge in [-0.05, 0) is 80.9 Å². The van der Waals surface area contributed by atoms with Crippen LogP contribution in [0, 0.1) is 0 Å². The van der Waals surface area contributed by atoms with Gasteiger partial charge in [0, 0.05) is 28.9 Å². The first-order chi connectivity index (χ1) is 13.3. The summed E-state index contributed by atoms with van der Waals surface area (Å²) in [6.07, 6.45) is 1.71. The number of nitrogens with one attached hydrogen (secondary N) is 1. The summed E-state index contributed by atoms with van der Waals surface area (Å²) >= 11 is 6.56. The molecule has 3 N–H and O–H groups in total. The summed E-state index contributed by atoms with van der Waals surface area (Å²) in [5, 5.41) is 21.6. The van der Waals surface area contributed by atoms with E-state index in [1.165, 1.54) is 0 Å². The minimum Gasteiger partial charge on any atom is -0.506 e. The van der Waals surface area contributed by atoms with Crippen LogP contribution >= 0.6 is 31.9 Å². The molecular weight excluding hydrogens is 492 g/mol. The van der Waals surface area contributed by atoms with Crippen LogP contribution in [0.4, 0.5) is 5.69 Å². The van der Waals surface area contributed by atoms with Gasteiger partial charge < -0.3 is 15.5 Å². The molecule has 1 aliphatic heterocycles. The number of phenols is 1. The van der Waals surface area contributed by atoms with Crippen LogP contribution in [0.15, 0.2) is 39.3 Å². The second-order valence-electron chi connectivity index (χ2n) is 6.49. The number of rotatable bonds is 6. The molecule has 8 heteroatoms. The maximum absolute atomic E-state index is 12.5. The van der Waals surface area contributed by atoms with Gasteiger partial charge in [0.15, 0.2) is 5.78 Å². The minimum atomic E-state index is -0.252. The normalized spacial score (nSPS) is 14.5.